The van der Waals surface area contributed by atoms with E-state index in [9.17, 15) is 25.0 Å². The van der Waals surface area contributed by atoms with E-state index in [-0.39, 0.29) is 18.8 Å². The molecule has 0 aliphatic rings. The van der Waals surface area contributed by atoms with Gasteiger partial charge in [0, 0.05) is 18.7 Å². The number of nitro benzene ring substituents is 2. The summed E-state index contributed by atoms with van der Waals surface area (Å²) in [5.41, 5.74) is -1.31. The van der Waals surface area contributed by atoms with Crippen LogP contribution in [-0.2, 0) is 9.47 Å². The zero-order valence-electron chi connectivity index (χ0n) is 13.4. The Bertz CT molecular complexity index is 557. The molecule has 1 aromatic carbocycles. The van der Waals surface area contributed by atoms with Crippen LogP contribution in [0.1, 0.15) is 43.0 Å². The van der Waals surface area contributed by atoms with Crippen molar-refractivity contribution in [2.24, 2.45) is 0 Å². The SMILES string of the molecule is CCCCCCOCCOC(=O)c1cc([N+](=O)[O-])cc([N+](=O)[O-])c1. The minimum absolute atomic E-state index is 0.0247. The van der Waals surface area contributed by atoms with E-state index in [1.165, 1.54) is 0 Å². The molecule has 0 unspecified atom stereocenters. The molecule has 0 fully saturated rings. The van der Waals surface area contributed by atoms with Crippen LogP contribution in [0, 0.1) is 20.2 Å². The van der Waals surface area contributed by atoms with Gasteiger partial charge in [-0.15, -0.1) is 0 Å². The Hall–Kier alpha value is -2.55. The molecule has 0 bridgehead atoms. The zero-order valence-corrected chi connectivity index (χ0v) is 13.4. The lowest BCUT2D eigenvalue weighted by Gasteiger charge is -2.06. The lowest BCUT2D eigenvalue weighted by molar-refractivity contribution is -0.394. The van der Waals surface area contributed by atoms with Crippen molar-refractivity contribution in [1.29, 1.82) is 0 Å². The summed E-state index contributed by atoms with van der Waals surface area (Å²) in [5, 5.41) is 21.5. The van der Waals surface area contributed by atoms with Gasteiger partial charge in [-0.1, -0.05) is 26.2 Å². The van der Waals surface area contributed by atoms with E-state index >= 15 is 0 Å². The number of rotatable bonds is 11. The molecule has 0 atom stereocenters. The van der Waals surface area contributed by atoms with Gasteiger partial charge in [-0.05, 0) is 6.42 Å². The Balaban J connectivity index is 2.49. The highest BCUT2D eigenvalue weighted by Gasteiger charge is 2.20. The molecule has 1 aromatic rings. The Kier molecular flexibility index (Phi) is 8.34. The van der Waals surface area contributed by atoms with Gasteiger partial charge in [-0.2, -0.15) is 0 Å². The summed E-state index contributed by atoms with van der Waals surface area (Å²) in [5.74, 6) is -0.864. The van der Waals surface area contributed by atoms with Crippen molar-refractivity contribution < 1.29 is 24.1 Å². The molecule has 0 N–H and O–H groups in total. The van der Waals surface area contributed by atoms with Gasteiger partial charge in [0.25, 0.3) is 11.4 Å². The van der Waals surface area contributed by atoms with Crippen molar-refractivity contribution in [3.8, 4) is 0 Å². The topological polar surface area (TPSA) is 122 Å². The first-order valence-electron chi connectivity index (χ1n) is 7.64. The number of hydrogen-bond acceptors (Lipinski definition) is 7. The summed E-state index contributed by atoms with van der Waals surface area (Å²) in [6.45, 7) is 2.86. The van der Waals surface area contributed by atoms with Gasteiger partial charge in [-0.25, -0.2) is 4.79 Å². The summed E-state index contributed by atoms with van der Waals surface area (Å²) in [6.07, 6.45) is 4.28. The predicted octanol–water partition coefficient (Wildman–Crippen LogP) is 3.26. The Labute approximate surface area is 138 Å². The highest BCUT2D eigenvalue weighted by atomic mass is 16.6. The number of esters is 1. The highest BCUT2D eigenvalue weighted by Crippen LogP contribution is 2.23. The molecule has 0 heterocycles. The Morgan fingerprint density at radius 2 is 1.58 bits per heavy atom. The lowest BCUT2D eigenvalue weighted by Crippen LogP contribution is -2.12. The molecular weight excluding hydrogens is 320 g/mol. The van der Waals surface area contributed by atoms with Crippen LogP contribution in [0.3, 0.4) is 0 Å². The highest BCUT2D eigenvalue weighted by molar-refractivity contribution is 5.91. The van der Waals surface area contributed by atoms with E-state index in [0.717, 1.165) is 43.9 Å². The van der Waals surface area contributed by atoms with Crippen molar-refractivity contribution in [3.05, 3.63) is 44.0 Å². The third-order valence-electron chi connectivity index (χ3n) is 3.16. The van der Waals surface area contributed by atoms with Gasteiger partial charge >= 0.3 is 5.97 Å². The molecule has 24 heavy (non-hydrogen) atoms. The molecule has 0 saturated heterocycles. The van der Waals surface area contributed by atoms with Gasteiger partial charge in [0.1, 0.15) is 6.61 Å². The smallest absolute Gasteiger partial charge is 0.338 e. The van der Waals surface area contributed by atoms with Gasteiger partial charge in [0.15, 0.2) is 0 Å². The molecule has 0 aliphatic heterocycles. The number of benzene rings is 1. The summed E-state index contributed by atoms with van der Waals surface area (Å²) in [7, 11) is 0. The van der Waals surface area contributed by atoms with Crippen LogP contribution in [-0.4, -0.2) is 35.6 Å². The monoisotopic (exact) mass is 340 g/mol. The number of unbranched alkanes of at least 4 members (excludes halogenated alkanes) is 3. The maximum absolute atomic E-state index is 11.8. The molecule has 0 aromatic heterocycles. The van der Waals surface area contributed by atoms with E-state index in [1.54, 1.807) is 0 Å². The average molecular weight is 340 g/mol. The fraction of sp³-hybridized carbons (Fsp3) is 0.533. The van der Waals surface area contributed by atoms with Crippen LogP contribution in [0.25, 0.3) is 0 Å². The summed E-state index contributed by atoms with van der Waals surface area (Å²) in [4.78, 5) is 31.8. The second-order valence-electron chi connectivity index (χ2n) is 5.06. The van der Waals surface area contributed by atoms with Gasteiger partial charge < -0.3 is 9.47 Å². The molecule has 0 radical (unpaired) electrons. The van der Waals surface area contributed by atoms with Crippen molar-refractivity contribution in [3.63, 3.8) is 0 Å². The molecule has 0 aliphatic carbocycles. The molecule has 0 saturated carbocycles. The van der Waals surface area contributed by atoms with Gasteiger partial charge in [0.2, 0.25) is 0 Å². The molecule has 132 valence electrons. The number of nitro groups is 2. The molecule has 0 amide bonds. The van der Waals surface area contributed by atoms with E-state index < -0.39 is 27.2 Å². The van der Waals surface area contributed by atoms with Crippen LogP contribution in [0.4, 0.5) is 11.4 Å². The molecule has 0 spiro atoms. The van der Waals surface area contributed by atoms with Crippen molar-refractivity contribution in [2.45, 2.75) is 32.6 Å². The van der Waals surface area contributed by atoms with Crippen LogP contribution in [0.5, 0.6) is 0 Å². The van der Waals surface area contributed by atoms with Crippen molar-refractivity contribution >= 4 is 17.3 Å². The normalized spacial score (nSPS) is 10.4. The summed E-state index contributed by atoms with van der Waals surface area (Å²) >= 11 is 0. The van der Waals surface area contributed by atoms with Crippen LogP contribution >= 0.6 is 0 Å². The maximum atomic E-state index is 11.8. The molecule has 1 rings (SSSR count). The maximum Gasteiger partial charge on any atom is 0.338 e. The third kappa shape index (κ3) is 6.69. The number of hydrogen-bond donors (Lipinski definition) is 0. The Morgan fingerprint density at radius 3 is 2.12 bits per heavy atom. The van der Waals surface area contributed by atoms with E-state index in [4.69, 9.17) is 9.47 Å². The molecule has 9 heteroatoms. The fourth-order valence-corrected chi connectivity index (χ4v) is 1.93. The summed E-state index contributed by atoms with van der Waals surface area (Å²) < 4.78 is 10.2. The number of ether oxygens (including phenoxy) is 2. The largest absolute Gasteiger partial charge is 0.460 e. The number of carbonyl (C=O) groups is 1. The minimum atomic E-state index is -0.864. The minimum Gasteiger partial charge on any atom is -0.460 e. The van der Waals surface area contributed by atoms with E-state index in [1.807, 2.05) is 0 Å². The number of carbonyl (C=O) groups excluding carboxylic acids is 1. The number of non-ortho nitro benzene ring substituents is 2. The second kappa shape index (κ2) is 10.3. The summed E-state index contributed by atoms with van der Waals surface area (Å²) in [6, 6.07) is 2.68. The first-order valence-corrected chi connectivity index (χ1v) is 7.64. The quantitative estimate of drug-likeness (QED) is 0.262. The standard InChI is InChI=1S/C15H20N2O7/c1-2-3-4-5-6-23-7-8-24-15(18)12-9-13(16(19)20)11-14(10-12)17(21)22/h9-11H,2-8H2,1H3. The fourth-order valence-electron chi connectivity index (χ4n) is 1.93. The predicted molar refractivity (Wildman–Crippen MR) is 85.0 cm³/mol. The Morgan fingerprint density at radius 1 is 0.958 bits per heavy atom. The van der Waals surface area contributed by atoms with Gasteiger partial charge in [0.05, 0.1) is 28.1 Å². The lowest BCUT2D eigenvalue weighted by atomic mass is 10.2. The van der Waals surface area contributed by atoms with Crippen molar-refractivity contribution in [1.82, 2.24) is 0 Å². The number of nitrogens with zero attached hydrogens (tertiary/aromatic N) is 2. The third-order valence-corrected chi connectivity index (χ3v) is 3.16. The molecule has 9 nitrogen and oxygen atoms in total. The average Bonchev–Trinajstić information content (AvgIpc) is 2.56. The van der Waals surface area contributed by atoms with Gasteiger partial charge in [-0.3, -0.25) is 20.2 Å². The van der Waals surface area contributed by atoms with E-state index in [2.05, 4.69) is 6.92 Å². The zero-order chi connectivity index (χ0) is 17.9. The van der Waals surface area contributed by atoms with Crippen LogP contribution in [0.2, 0.25) is 0 Å². The first kappa shape index (κ1) is 19.5. The second-order valence-corrected chi connectivity index (χ2v) is 5.06. The molecular formula is C15H20N2O7. The van der Waals surface area contributed by atoms with Crippen LogP contribution < -0.4 is 0 Å². The van der Waals surface area contributed by atoms with Crippen LogP contribution in [0.15, 0.2) is 18.2 Å². The van der Waals surface area contributed by atoms with Crippen molar-refractivity contribution in [2.75, 3.05) is 19.8 Å². The van der Waals surface area contributed by atoms with E-state index in [0.29, 0.717) is 6.61 Å². The first-order chi connectivity index (χ1) is 11.5.